The summed E-state index contributed by atoms with van der Waals surface area (Å²) in [5, 5.41) is 12.8. The first-order valence-corrected chi connectivity index (χ1v) is 6.94. The molecular weight excluding hydrogens is 240 g/mol. The molecule has 4 nitrogen and oxygen atoms in total. The summed E-state index contributed by atoms with van der Waals surface area (Å²) in [6.45, 7) is 7.67. The van der Waals surface area contributed by atoms with Gasteiger partial charge in [0.25, 0.3) is 0 Å². The molecule has 0 spiro atoms. The van der Waals surface area contributed by atoms with Crippen molar-refractivity contribution in [1.29, 1.82) is 0 Å². The summed E-state index contributed by atoms with van der Waals surface area (Å²) in [5.74, 6) is 0.377. The fourth-order valence-electron chi connectivity index (χ4n) is 2.57. The summed E-state index contributed by atoms with van der Waals surface area (Å²) in [4.78, 5) is 14.8. The predicted molar refractivity (Wildman–Crippen MR) is 75.7 cm³/mol. The van der Waals surface area contributed by atoms with Crippen LogP contribution in [-0.4, -0.2) is 48.0 Å². The van der Waals surface area contributed by atoms with E-state index in [1.54, 1.807) is 18.2 Å². The number of piperazine rings is 1. The number of nitrogens with zero attached hydrogens (tertiary/aromatic N) is 1. The first-order valence-electron chi connectivity index (χ1n) is 6.94. The predicted octanol–water partition coefficient (Wildman–Crippen LogP) is 1.43. The van der Waals surface area contributed by atoms with Gasteiger partial charge in [-0.05, 0) is 37.1 Å². The van der Waals surface area contributed by atoms with Crippen LogP contribution in [0.3, 0.4) is 0 Å². The zero-order chi connectivity index (χ0) is 13.8. The van der Waals surface area contributed by atoms with Gasteiger partial charge in [-0.2, -0.15) is 0 Å². The third-order valence-corrected chi connectivity index (χ3v) is 3.81. The normalized spacial score (nSPS) is 18.2. The van der Waals surface area contributed by atoms with Crippen molar-refractivity contribution in [3.63, 3.8) is 0 Å². The van der Waals surface area contributed by atoms with E-state index in [4.69, 9.17) is 0 Å². The molecule has 0 saturated carbocycles. The van der Waals surface area contributed by atoms with Crippen molar-refractivity contribution in [2.45, 2.75) is 26.3 Å². The van der Waals surface area contributed by atoms with Crippen LogP contribution in [0.25, 0.3) is 0 Å². The standard InChI is InChI=1S/C15H22N2O2/c1-3-12-10-13(18)4-5-14(12)15(19)11(2)17-8-6-16-7-9-17/h4-5,10-11,16,18H,3,6-9H2,1-2H3. The van der Waals surface area contributed by atoms with Gasteiger partial charge in [0.05, 0.1) is 6.04 Å². The highest BCUT2D eigenvalue weighted by molar-refractivity contribution is 6.01. The first kappa shape index (κ1) is 14.0. The van der Waals surface area contributed by atoms with Gasteiger partial charge in [-0.15, -0.1) is 0 Å². The number of aromatic hydroxyl groups is 1. The molecule has 1 atom stereocenters. The van der Waals surface area contributed by atoms with E-state index in [2.05, 4.69) is 10.2 Å². The molecular formula is C15H22N2O2. The summed E-state index contributed by atoms with van der Waals surface area (Å²) < 4.78 is 0. The average molecular weight is 262 g/mol. The molecule has 1 aromatic carbocycles. The number of hydrogen-bond acceptors (Lipinski definition) is 4. The second-order valence-corrected chi connectivity index (χ2v) is 5.02. The Morgan fingerprint density at radius 1 is 1.42 bits per heavy atom. The van der Waals surface area contributed by atoms with E-state index in [1.165, 1.54) is 0 Å². The van der Waals surface area contributed by atoms with E-state index in [1.807, 2.05) is 13.8 Å². The van der Waals surface area contributed by atoms with Crippen LogP contribution in [0.2, 0.25) is 0 Å². The Balaban J connectivity index is 2.18. The highest BCUT2D eigenvalue weighted by Gasteiger charge is 2.25. The molecule has 1 fully saturated rings. The Kier molecular flexibility index (Phi) is 4.56. The number of phenols is 1. The smallest absolute Gasteiger partial charge is 0.179 e. The second-order valence-electron chi connectivity index (χ2n) is 5.02. The minimum absolute atomic E-state index is 0.100. The lowest BCUT2D eigenvalue weighted by atomic mass is 9.96. The van der Waals surface area contributed by atoms with Crippen LogP contribution in [0.15, 0.2) is 18.2 Å². The average Bonchev–Trinajstić information content (AvgIpc) is 2.46. The summed E-state index contributed by atoms with van der Waals surface area (Å²) in [5.41, 5.74) is 1.67. The monoisotopic (exact) mass is 262 g/mol. The molecule has 0 aliphatic carbocycles. The third-order valence-electron chi connectivity index (χ3n) is 3.81. The molecule has 1 aliphatic rings. The number of Topliss-reactive ketones (excluding diaryl/α,β-unsaturated/α-hetero) is 1. The van der Waals surface area contributed by atoms with Gasteiger partial charge in [-0.3, -0.25) is 9.69 Å². The number of carbonyl (C=O) groups excluding carboxylic acids is 1. The van der Waals surface area contributed by atoms with Crippen LogP contribution in [0.5, 0.6) is 5.75 Å². The molecule has 0 aromatic heterocycles. The minimum Gasteiger partial charge on any atom is -0.508 e. The summed E-state index contributed by atoms with van der Waals surface area (Å²) in [6, 6.07) is 4.93. The molecule has 19 heavy (non-hydrogen) atoms. The van der Waals surface area contributed by atoms with E-state index >= 15 is 0 Å². The summed E-state index contributed by atoms with van der Waals surface area (Å²) in [6.07, 6.45) is 0.754. The minimum atomic E-state index is -0.100. The molecule has 0 radical (unpaired) electrons. The Morgan fingerprint density at radius 2 is 2.11 bits per heavy atom. The number of nitrogens with one attached hydrogen (secondary N) is 1. The lowest BCUT2D eigenvalue weighted by molar-refractivity contribution is 0.0819. The van der Waals surface area contributed by atoms with E-state index < -0.39 is 0 Å². The molecule has 1 saturated heterocycles. The zero-order valence-corrected chi connectivity index (χ0v) is 11.6. The molecule has 1 heterocycles. The maximum atomic E-state index is 12.6. The van der Waals surface area contributed by atoms with Gasteiger partial charge in [0.1, 0.15) is 5.75 Å². The van der Waals surface area contributed by atoms with Crippen molar-refractivity contribution >= 4 is 5.78 Å². The Morgan fingerprint density at radius 3 is 2.74 bits per heavy atom. The van der Waals surface area contributed by atoms with E-state index in [-0.39, 0.29) is 17.6 Å². The van der Waals surface area contributed by atoms with Gasteiger partial charge in [-0.1, -0.05) is 6.92 Å². The van der Waals surface area contributed by atoms with Crippen molar-refractivity contribution in [2.75, 3.05) is 26.2 Å². The number of rotatable bonds is 4. The second kappa shape index (κ2) is 6.17. The van der Waals surface area contributed by atoms with Crippen LogP contribution in [0, 0.1) is 0 Å². The van der Waals surface area contributed by atoms with Gasteiger partial charge in [0.2, 0.25) is 0 Å². The van der Waals surface area contributed by atoms with Crippen molar-refractivity contribution in [1.82, 2.24) is 10.2 Å². The Labute approximate surface area is 114 Å². The molecule has 1 aliphatic heterocycles. The van der Waals surface area contributed by atoms with Crippen LogP contribution in [0.1, 0.15) is 29.8 Å². The molecule has 0 amide bonds. The van der Waals surface area contributed by atoms with Crippen molar-refractivity contribution < 1.29 is 9.90 Å². The van der Waals surface area contributed by atoms with Gasteiger partial charge < -0.3 is 10.4 Å². The van der Waals surface area contributed by atoms with Crippen LogP contribution in [-0.2, 0) is 6.42 Å². The lowest BCUT2D eigenvalue weighted by Gasteiger charge is -2.32. The fourth-order valence-corrected chi connectivity index (χ4v) is 2.57. The Hall–Kier alpha value is -1.39. The van der Waals surface area contributed by atoms with E-state index in [9.17, 15) is 9.90 Å². The van der Waals surface area contributed by atoms with Gasteiger partial charge in [0.15, 0.2) is 5.78 Å². The van der Waals surface area contributed by atoms with E-state index in [0.29, 0.717) is 0 Å². The lowest BCUT2D eigenvalue weighted by Crippen LogP contribution is -2.50. The third kappa shape index (κ3) is 3.14. The highest BCUT2D eigenvalue weighted by atomic mass is 16.3. The number of benzene rings is 1. The SMILES string of the molecule is CCc1cc(O)ccc1C(=O)C(C)N1CCNCC1. The first-order chi connectivity index (χ1) is 9.13. The van der Waals surface area contributed by atoms with Crippen LogP contribution < -0.4 is 5.32 Å². The Bertz CT molecular complexity index is 453. The van der Waals surface area contributed by atoms with Crippen molar-refractivity contribution in [3.05, 3.63) is 29.3 Å². The maximum Gasteiger partial charge on any atom is 0.179 e. The van der Waals surface area contributed by atoms with Gasteiger partial charge in [-0.25, -0.2) is 0 Å². The number of phenolic OH excluding ortho intramolecular Hbond substituents is 1. The zero-order valence-electron chi connectivity index (χ0n) is 11.6. The van der Waals surface area contributed by atoms with Crippen LogP contribution >= 0.6 is 0 Å². The number of aryl methyl sites for hydroxylation is 1. The molecule has 1 unspecified atom stereocenters. The largest absolute Gasteiger partial charge is 0.508 e. The topological polar surface area (TPSA) is 52.6 Å². The summed E-state index contributed by atoms with van der Waals surface area (Å²) >= 11 is 0. The number of carbonyl (C=O) groups is 1. The van der Waals surface area contributed by atoms with Crippen molar-refractivity contribution in [3.8, 4) is 5.75 Å². The quantitative estimate of drug-likeness (QED) is 0.806. The summed E-state index contributed by atoms with van der Waals surface area (Å²) in [7, 11) is 0. The molecule has 4 heteroatoms. The van der Waals surface area contributed by atoms with E-state index in [0.717, 1.165) is 43.7 Å². The van der Waals surface area contributed by atoms with Gasteiger partial charge >= 0.3 is 0 Å². The molecule has 0 bridgehead atoms. The molecule has 104 valence electrons. The molecule has 2 rings (SSSR count). The van der Waals surface area contributed by atoms with Crippen molar-refractivity contribution in [2.24, 2.45) is 0 Å². The molecule has 2 N–H and O–H groups in total. The fraction of sp³-hybridized carbons (Fsp3) is 0.533. The van der Waals surface area contributed by atoms with Crippen LogP contribution in [0.4, 0.5) is 0 Å². The molecule has 1 aromatic rings. The highest BCUT2D eigenvalue weighted by Crippen LogP contribution is 2.20. The number of hydrogen-bond donors (Lipinski definition) is 2. The maximum absolute atomic E-state index is 12.6. The number of ketones is 1. The van der Waals surface area contributed by atoms with Gasteiger partial charge in [0, 0.05) is 31.7 Å².